The van der Waals surface area contributed by atoms with Crippen molar-refractivity contribution in [3.05, 3.63) is 17.5 Å². The van der Waals surface area contributed by atoms with Gasteiger partial charge in [0, 0.05) is 5.69 Å². The molecule has 0 fully saturated rings. The van der Waals surface area contributed by atoms with E-state index in [0.717, 1.165) is 11.4 Å². The lowest BCUT2D eigenvalue weighted by molar-refractivity contribution is -0.158. The molecule has 0 aliphatic carbocycles. The predicted octanol–water partition coefficient (Wildman–Crippen LogP) is 2.47. The Hall–Kier alpha value is -1.11. The van der Waals surface area contributed by atoms with Gasteiger partial charge in [0.25, 0.3) is 0 Å². The van der Waals surface area contributed by atoms with Gasteiger partial charge in [0.05, 0.1) is 17.2 Å². The van der Waals surface area contributed by atoms with E-state index in [2.05, 4.69) is 17.3 Å². The van der Waals surface area contributed by atoms with E-state index in [0.29, 0.717) is 12.8 Å². The van der Waals surface area contributed by atoms with Crippen LogP contribution < -0.4 is 5.73 Å². The molecule has 0 radical (unpaired) electrons. The Balaban J connectivity index is 3.00. The van der Waals surface area contributed by atoms with Gasteiger partial charge in [0.1, 0.15) is 5.92 Å². The summed E-state index contributed by atoms with van der Waals surface area (Å²) in [5.74, 6) is -1.83. The third-order valence-corrected chi connectivity index (χ3v) is 3.02. The number of aryl methyl sites for hydroxylation is 2. The molecule has 2 N–H and O–H groups in total. The van der Waals surface area contributed by atoms with E-state index in [9.17, 15) is 13.2 Å². The Kier molecular flexibility index (Phi) is 4.72. The fourth-order valence-electron chi connectivity index (χ4n) is 1.66. The molecule has 0 aromatic carbocycles. The van der Waals surface area contributed by atoms with Crippen LogP contribution >= 0.6 is 12.2 Å². The molecule has 1 unspecified atom stereocenters. The van der Waals surface area contributed by atoms with Gasteiger partial charge in [-0.05, 0) is 18.9 Å². The maximum atomic E-state index is 12.8. The third kappa shape index (κ3) is 3.44. The summed E-state index contributed by atoms with van der Waals surface area (Å²) in [5.41, 5.74) is 6.71. The summed E-state index contributed by atoms with van der Waals surface area (Å²) in [4.78, 5) is -0.543. The number of hydrogen-bond donors (Lipinski definition) is 1. The maximum Gasteiger partial charge on any atom is 0.399 e. The van der Waals surface area contributed by atoms with Crippen molar-refractivity contribution >= 4 is 17.2 Å². The molecule has 0 aliphatic rings. The van der Waals surface area contributed by atoms with Crippen molar-refractivity contribution < 1.29 is 13.2 Å². The maximum absolute atomic E-state index is 12.8. The van der Waals surface area contributed by atoms with Crippen molar-refractivity contribution in [2.45, 2.75) is 39.4 Å². The van der Waals surface area contributed by atoms with E-state index < -0.39 is 17.1 Å². The summed E-state index contributed by atoms with van der Waals surface area (Å²) < 4.78 is 39.7. The summed E-state index contributed by atoms with van der Waals surface area (Å²) in [6.45, 7) is 3.43. The topological polar surface area (TPSA) is 43.8 Å². The van der Waals surface area contributed by atoms with Gasteiger partial charge < -0.3 is 5.73 Å². The Labute approximate surface area is 109 Å². The highest BCUT2D eigenvalue weighted by molar-refractivity contribution is 7.80. The molecule has 7 heteroatoms. The normalized spacial score (nSPS) is 13.6. The Bertz CT molecular complexity index is 426. The van der Waals surface area contributed by atoms with Crippen molar-refractivity contribution in [1.82, 2.24) is 9.78 Å². The molecular weight excluding hydrogens is 263 g/mol. The highest BCUT2D eigenvalue weighted by atomic mass is 32.1. The lowest BCUT2D eigenvalue weighted by Gasteiger charge is -2.19. The zero-order valence-corrected chi connectivity index (χ0v) is 11.1. The summed E-state index contributed by atoms with van der Waals surface area (Å²) in [6, 6.07) is 1.81. The smallest absolute Gasteiger partial charge is 0.393 e. The molecule has 1 aromatic rings. The quantitative estimate of drug-likeness (QED) is 0.842. The largest absolute Gasteiger partial charge is 0.399 e. The molecular formula is C11H16F3N3S. The summed E-state index contributed by atoms with van der Waals surface area (Å²) in [7, 11) is 0. The van der Waals surface area contributed by atoms with Gasteiger partial charge >= 0.3 is 6.18 Å². The summed E-state index contributed by atoms with van der Waals surface area (Å²) in [5, 5.41) is 4.14. The van der Waals surface area contributed by atoms with Gasteiger partial charge in [0.2, 0.25) is 0 Å². The molecule has 0 saturated heterocycles. The number of hydrogen-bond acceptors (Lipinski definition) is 2. The average Bonchev–Trinajstić information content (AvgIpc) is 2.66. The van der Waals surface area contributed by atoms with Crippen LogP contribution in [0.4, 0.5) is 13.2 Å². The molecule has 3 nitrogen and oxygen atoms in total. The third-order valence-electron chi connectivity index (χ3n) is 2.73. The molecule has 0 bridgehead atoms. The molecule has 1 heterocycles. The Morgan fingerprint density at radius 3 is 2.44 bits per heavy atom. The molecule has 0 aliphatic heterocycles. The van der Waals surface area contributed by atoms with Crippen LogP contribution in [0, 0.1) is 5.92 Å². The minimum Gasteiger partial charge on any atom is -0.393 e. The van der Waals surface area contributed by atoms with Crippen LogP contribution in [0.3, 0.4) is 0 Å². The van der Waals surface area contributed by atoms with Gasteiger partial charge in [-0.15, -0.1) is 0 Å². The average molecular weight is 279 g/mol. The highest BCUT2D eigenvalue weighted by Gasteiger charge is 2.42. The standard InChI is InChI=1S/C11H16F3N3S/c1-3-7-5-8(4-2)17(16-7)6-9(10(15)18)11(12,13)14/h5,9H,3-4,6H2,1-2H3,(H2,15,18). The van der Waals surface area contributed by atoms with Crippen LogP contribution in [0.2, 0.25) is 0 Å². The Morgan fingerprint density at radius 1 is 1.44 bits per heavy atom. The Morgan fingerprint density at radius 2 is 2.06 bits per heavy atom. The lowest BCUT2D eigenvalue weighted by atomic mass is 10.1. The van der Waals surface area contributed by atoms with Gasteiger partial charge in [-0.1, -0.05) is 26.1 Å². The SMILES string of the molecule is CCc1cc(CC)n(CC(C(N)=S)C(F)(F)F)n1. The second kappa shape index (κ2) is 5.69. The molecule has 1 atom stereocenters. The van der Waals surface area contributed by atoms with Crippen LogP contribution in [0.1, 0.15) is 25.2 Å². The zero-order chi connectivity index (χ0) is 13.9. The minimum atomic E-state index is -4.44. The van der Waals surface area contributed by atoms with Crippen molar-refractivity contribution in [2.75, 3.05) is 0 Å². The van der Waals surface area contributed by atoms with Gasteiger partial charge in [-0.3, -0.25) is 4.68 Å². The summed E-state index contributed by atoms with van der Waals surface area (Å²) in [6.07, 6.45) is -3.13. The number of alkyl halides is 3. The van der Waals surface area contributed by atoms with Crippen LogP contribution in [0.5, 0.6) is 0 Å². The van der Waals surface area contributed by atoms with E-state index in [4.69, 9.17) is 5.73 Å². The van der Waals surface area contributed by atoms with Crippen LogP contribution in [-0.4, -0.2) is 20.9 Å². The first-order valence-electron chi connectivity index (χ1n) is 5.71. The lowest BCUT2D eigenvalue weighted by Crippen LogP contribution is -2.38. The zero-order valence-electron chi connectivity index (χ0n) is 10.3. The highest BCUT2D eigenvalue weighted by Crippen LogP contribution is 2.28. The number of thiocarbonyl (C=S) groups is 1. The van der Waals surface area contributed by atoms with Gasteiger partial charge in [-0.25, -0.2) is 0 Å². The number of rotatable bonds is 5. The fraction of sp³-hybridized carbons (Fsp3) is 0.636. The molecule has 0 spiro atoms. The number of halogens is 3. The van der Waals surface area contributed by atoms with E-state index in [-0.39, 0.29) is 6.54 Å². The fourth-order valence-corrected chi connectivity index (χ4v) is 1.87. The van der Waals surface area contributed by atoms with E-state index in [1.165, 1.54) is 4.68 Å². The second-order valence-corrected chi connectivity index (χ2v) is 4.48. The molecule has 1 aromatic heterocycles. The monoisotopic (exact) mass is 279 g/mol. The van der Waals surface area contributed by atoms with Crippen molar-refractivity contribution in [2.24, 2.45) is 11.7 Å². The van der Waals surface area contributed by atoms with Gasteiger partial charge in [0.15, 0.2) is 0 Å². The van der Waals surface area contributed by atoms with Crippen molar-refractivity contribution in [3.8, 4) is 0 Å². The second-order valence-electron chi connectivity index (χ2n) is 4.01. The minimum absolute atomic E-state index is 0.345. The molecule has 1 rings (SSSR count). The first kappa shape index (κ1) is 14.9. The predicted molar refractivity (Wildman–Crippen MR) is 67.3 cm³/mol. The van der Waals surface area contributed by atoms with Gasteiger partial charge in [-0.2, -0.15) is 18.3 Å². The molecule has 0 saturated carbocycles. The van der Waals surface area contributed by atoms with Crippen molar-refractivity contribution in [1.29, 1.82) is 0 Å². The number of nitrogens with two attached hydrogens (primary N) is 1. The first-order chi connectivity index (χ1) is 8.29. The molecule has 18 heavy (non-hydrogen) atoms. The van der Waals surface area contributed by atoms with Crippen LogP contribution in [-0.2, 0) is 19.4 Å². The van der Waals surface area contributed by atoms with E-state index in [1.807, 2.05) is 19.9 Å². The van der Waals surface area contributed by atoms with E-state index >= 15 is 0 Å². The molecule has 102 valence electrons. The number of nitrogens with zero attached hydrogens (tertiary/aromatic N) is 2. The van der Waals surface area contributed by atoms with Crippen LogP contribution in [0.25, 0.3) is 0 Å². The first-order valence-corrected chi connectivity index (χ1v) is 6.12. The molecule has 0 amide bonds. The van der Waals surface area contributed by atoms with E-state index in [1.54, 1.807) is 0 Å². The van der Waals surface area contributed by atoms with Crippen LogP contribution in [0.15, 0.2) is 6.07 Å². The van der Waals surface area contributed by atoms with Crippen molar-refractivity contribution in [3.63, 3.8) is 0 Å². The number of aromatic nitrogens is 2. The summed E-state index contributed by atoms with van der Waals surface area (Å²) >= 11 is 4.50.